The lowest BCUT2D eigenvalue weighted by atomic mass is 10.00. The van der Waals surface area contributed by atoms with E-state index in [0.717, 1.165) is 16.7 Å². The Morgan fingerprint density at radius 1 is 1.00 bits per heavy atom. The highest BCUT2D eigenvalue weighted by Crippen LogP contribution is 2.32. The summed E-state index contributed by atoms with van der Waals surface area (Å²) in [5.41, 5.74) is 4.04. The minimum atomic E-state index is -4.34. The van der Waals surface area contributed by atoms with Crippen LogP contribution in [-0.4, -0.2) is 45.6 Å². The number of amides is 1. The number of carboxylic acids is 1. The largest absolute Gasteiger partial charge is 0.481 e. The fraction of sp³-hybridized carbons (Fsp3) is 0.300. The maximum absolute atomic E-state index is 12.3. The number of aryl methyl sites for hydroxylation is 1. The fourth-order valence-electron chi connectivity index (χ4n) is 2.72. The summed E-state index contributed by atoms with van der Waals surface area (Å²) in [5.74, 6) is -1.56. The van der Waals surface area contributed by atoms with Crippen LogP contribution < -0.4 is 10.6 Å². The molecule has 1 unspecified atom stereocenters. The molecule has 5 N–H and O–H groups in total. The van der Waals surface area contributed by atoms with E-state index in [9.17, 15) is 14.2 Å². The average molecular weight is 420 g/mol. The first-order chi connectivity index (χ1) is 13.6. The fourth-order valence-corrected chi connectivity index (χ4v) is 3.18. The van der Waals surface area contributed by atoms with Crippen molar-refractivity contribution in [3.8, 4) is 11.1 Å². The number of carboxylic acid groups (broad SMARTS) is 1. The van der Waals surface area contributed by atoms with Gasteiger partial charge in [-0.05, 0) is 30.0 Å². The Kier molecular flexibility index (Phi) is 8.10. The Hall–Kier alpha value is -2.51. The van der Waals surface area contributed by atoms with Crippen LogP contribution in [0.25, 0.3) is 11.1 Å². The molecule has 0 saturated heterocycles. The quantitative estimate of drug-likeness (QED) is 0.370. The summed E-state index contributed by atoms with van der Waals surface area (Å²) in [6, 6.07) is 14.7. The van der Waals surface area contributed by atoms with E-state index in [1.54, 1.807) is 0 Å². The molecule has 0 radical (unpaired) electrons. The maximum Gasteiger partial charge on any atom is 0.339 e. The molecule has 8 nitrogen and oxygen atoms in total. The Labute approximate surface area is 169 Å². The lowest BCUT2D eigenvalue weighted by Gasteiger charge is -2.19. The minimum Gasteiger partial charge on any atom is -0.481 e. The van der Waals surface area contributed by atoms with Gasteiger partial charge in [0.05, 0.1) is 18.7 Å². The van der Waals surface area contributed by atoms with Crippen LogP contribution in [-0.2, 0) is 20.6 Å². The zero-order valence-corrected chi connectivity index (χ0v) is 16.9. The van der Waals surface area contributed by atoms with Crippen molar-refractivity contribution in [3.63, 3.8) is 0 Å². The van der Waals surface area contributed by atoms with Crippen molar-refractivity contribution in [2.45, 2.75) is 25.8 Å². The molecule has 2 rings (SSSR count). The number of aliphatic carboxylic acids is 1. The number of hydrogen-bond donors (Lipinski definition) is 5. The Balaban J connectivity index is 2.07. The summed E-state index contributed by atoms with van der Waals surface area (Å²) < 4.78 is 11.2. The molecule has 1 atom stereocenters. The molecule has 2 aromatic carbocycles. The second-order valence-electron chi connectivity index (χ2n) is 6.78. The third-order valence-corrected chi connectivity index (χ3v) is 4.87. The topological polar surface area (TPSA) is 136 Å². The molecule has 0 aliphatic rings. The molecule has 156 valence electrons. The minimum absolute atomic E-state index is 0.0609. The van der Waals surface area contributed by atoms with Crippen molar-refractivity contribution in [1.29, 1.82) is 0 Å². The summed E-state index contributed by atoms with van der Waals surface area (Å²) in [4.78, 5) is 41.1. The highest BCUT2D eigenvalue weighted by atomic mass is 31.2. The van der Waals surface area contributed by atoms with Gasteiger partial charge in [0.25, 0.3) is 0 Å². The van der Waals surface area contributed by atoms with Crippen molar-refractivity contribution in [2.75, 3.05) is 12.8 Å². The molecule has 29 heavy (non-hydrogen) atoms. The molecule has 0 spiro atoms. The predicted molar refractivity (Wildman–Crippen MR) is 109 cm³/mol. The third-order valence-electron chi connectivity index (χ3n) is 4.28. The van der Waals surface area contributed by atoms with Gasteiger partial charge in [-0.15, -0.1) is 0 Å². The van der Waals surface area contributed by atoms with Crippen LogP contribution in [0, 0.1) is 6.92 Å². The number of nitrogens with one attached hydrogen (secondary N) is 2. The smallest absolute Gasteiger partial charge is 0.339 e. The van der Waals surface area contributed by atoms with E-state index in [1.165, 1.54) is 5.56 Å². The molecular weight excluding hydrogens is 395 g/mol. The average Bonchev–Trinajstić information content (AvgIpc) is 2.65. The zero-order valence-electron chi connectivity index (χ0n) is 16.0. The van der Waals surface area contributed by atoms with Gasteiger partial charge in [0, 0.05) is 6.54 Å². The summed E-state index contributed by atoms with van der Waals surface area (Å²) in [6.07, 6.45) is -0.680. The van der Waals surface area contributed by atoms with Crippen LogP contribution in [0.2, 0.25) is 0 Å². The number of benzene rings is 2. The van der Waals surface area contributed by atoms with Crippen LogP contribution in [0.4, 0.5) is 0 Å². The molecular formula is C20H25N2O6P. The second-order valence-corrected chi connectivity index (χ2v) is 8.43. The number of carbonyl (C=O) groups is 2. The van der Waals surface area contributed by atoms with Crippen LogP contribution in [0.15, 0.2) is 48.5 Å². The van der Waals surface area contributed by atoms with Crippen LogP contribution in [0.5, 0.6) is 0 Å². The van der Waals surface area contributed by atoms with Gasteiger partial charge in [-0.3, -0.25) is 19.5 Å². The molecule has 0 bridgehead atoms. The first-order valence-electron chi connectivity index (χ1n) is 9.07. The number of carbonyl (C=O) groups excluding carboxylic acids is 1. The molecule has 2 aromatic rings. The Morgan fingerprint density at radius 3 is 2.07 bits per heavy atom. The monoisotopic (exact) mass is 420 g/mol. The second kappa shape index (κ2) is 10.3. The van der Waals surface area contributed by atoms with Gasteiger partial charge in [0.1, 0.15) is 0 Å². The highest BCUT2D eigenvalue weighted by molar-refractivity contribution is 7.51. The van der Waals surface area contributed by atoms with Crippen LogP contribution >= 0.6 is 7.60 Å². The molecule has 0 aromatic heterocycles. The highest BCUT2D eigenvalue weighted by Gasteiger charge is 2.22. The normalized spacial score (nSPS) is 12.4. The molecule has 9 heteroatoms. The van der Waals surface area contributed by atoms with Gasteiger partial charge in [0.15, 0.2) is 0 Å². The van der Waals surface area contributed by atoms with Crippen molar-refractivity contribution in [1.82, 2.24) is 10.6 Å². The first kappa shape index (κ1) is 22.8. The lowest BCUT2D eigenvalue weighted by molar-refractivity contribution is -0.137. The van der Waals surface area contributed by atoms with Gasteiger partial charge >= 0.3 is 13.6 Å². The summed E-state index contributed by atoms with van der Waals surface area (Å²) in [7, 11) is -4.34. The zero-order chi connectivity index (χ0) is 21.4. The SMILES string of the molecule is Cc1ccc(-c2ccc(CC(NCP(=O)(O)O)C(=O)NCCC(=O)O)cc2)cc1. The third kappa shape index (κ3) is 8.17. The van der Waals surface area contributed by atoms with Gasteiger partial charge in [-0.2, -0.15) is 0 Å². The van der Waals surface area contributed by atoms with Crippen LogP contribution in [0.3, 0.4) is 0 Å². The summed E-state index contributed by atoms with van der Waals surface area (Å²) >= 11 is 0. The Morgan fingerprint density at radius 2 is 1.55 bits per heavy atom. The van der Waals surface area contributed by atoms with Crippen molar-refractivity contribution in [3.05, 3.63) is 59.7 Å². The predicted octanol–water partition coefficient (Wildman–Crippen LogP) is 1.89. The molecule has 0 aliphatic carbocycles. The molecule has 0 aliphatic heterocycles. The number of hydrogen-bond acceptors (Lipinski definition) is 4. The van der Waals surface area contributed by atoms with Gasteiger partial charge < -0.3 is 20.2 Å². The van der Waals surface area contributed by atoms with E-state index < -0.39 is 31.8 Å². The van der Waals surface area contributed by atoms with Gasteiger partial charge in [-0.25, -0.2) is 0 Å². The van der Waals surface area contributed by atoms with E-state index in [0.29, 0.717) is 0 Å². The van der Waals surface area contributed by atoms with Crippen molar-refractivity contribution >= 4 is 19.5 Å². The van der Waals surface area contributed by atoms with E-state index in [4.69, 9.17) is 14.9 Å². The van der Waals surface area contributed by atoms with E-state index >= 15 is 0 Å². The number of rotatable bonds is 10. The molecule has 0 saturated carbocycles. The maximum atomic E-state index is 12.3. The first-order valence-corrected chi connectivity index (χ1v) is 10.9. The molecule has 0 fully saturated rings. The summed E-state index contributed by atoms with van der Waals surface area (Å²) in [6.45, 7) is 1.95. The Bertz CT molecular complexity index is 877. The van der Waals surface area contributed by atoms with E-state index in [-0.39, 0.29) is 19.4 Å². The van der Waals surface area contributed by atoms with Crippen molar-refractivity contribution in [2.24, 2.45) is 0 Å². The standard InChI is InChI=1S/C20H25N2O6P/c1-14-2-6-16(7-3-14)17-8-4-15(5-9-17)12-18(22-13-29(26,27)28)20(25)21-11-10-19(23)24/h2-9,18,22H,10-13H2,1H3,(H,21,25)(H,23,24)(H2,26,27,28). The van der Waals surface area contributed by atoms with Crippen molar-refractivity contribution < 1.29 is 29.0 Å². The van der Waals surface area contributed by atoms with Crippen LogP contribution in [0.1, 0.15) is 17.5 Å². The summed E-state index contributed by atoms with van der Waals surface area (Å²) in [5, 5.41) is 13.7. The molecule has 0 heterocycles. The lowest BCUT2D eigenvalue weighted by Crippen LogP contribution is -2.46. The van der Waals surface area contributed by atoms with E-state index in [1.807, 2.05) is 55.5 Å². The molecule has 1 amide bonds. The van der Waals surface area contributed by atoms with Gasteiger partial charge in [0.2, 0.25) is 5.91 Å². The van der Waals surface area contributed by atoms with E-state index in [2.05, 4.69) is 10.6 Å². The van der Waals surface area contributed by atoms with Gasteiger partial charge in [-0.1, -0.05) is 54.1 Å².